The minimum atomic E-state index is -0.895. The van der Waals surface area contributed by atoms with Crippen molar-refractivity contribution in [3.8, 4) is 23.0 Å². The second-order valence-electron chi connectivity index (χ2n) is 14.7. The molecule has 4 atom stereocenters. The van der Waals surface area contributed by atoms with Gasteiger partial charge in [0.05, 0.1) is 25.7 Å². The molecule has 4 unspecified atom stereocenters. The van der Waals surface area contributed by atoms with Crippen molar-refractivity contribution in [1.82, 2.24) is 0 Å². The van der Waals surface area contributed by atoms with Gasteiger partial charge in [0.15, 0.2) is 0 Å². The second kappa shape index (κ2) is 23.5. The molecule has 0 spiro atoms. The van der Waals surface area contributed by atoms with Crippen LogP contribution in [0.5, 0.6) is 23.0 Å². The van der Waals surface area contributed by atoms with E-state index in [4.69, 9.17) is 52.4 Å². The molecule has 0 aliphatic rings. The molecule has 4 rings (SSSR count). The Bertz CT molecular complexity index is 1520. The lowest BCUT2D eigenvalue weighted by Crippen LogP contribution is -2.24. The Labute approximate surface area is 339 Å². The molecule has 55 heavy (non-hydrogen) atoms. The van der Waals surface area contributed by atoms with Crippen molar-refractivity contribution in [3.63, 3.8) is 0 Å². The molecule has 304 valence electrons. The van der Waals surface area contributed by atoms with Crippen molar-refractivity contribution in [2.24, 2.45) is 11.8 Å². The second-order valence-corrected chi connectivity index (χ2v) is 15.3. The van der Waals surface area contributed by atoms with Crippen molar-refractivity contribution in [3.05, 3.63) is 119 Å². The molecule has 0 radical (unpaired) electrons. The Balaban J connectivity index is 0.000000373. The van der Waals surface area contributed by atoms with Crippen LogP contribution < -0.4 is 18.9 Å². The maximum absolute atomic E-state index is 9.68. The quantitative estimate of drug-likeness (QED) is 0.0657. The third-order valence-electron chi connectivity index (χ3n) is 9.17. The van der Waals surface area contributed by atoms with Gasteiger partial charge in [0.25, 0.3) is 0 Å². The number of halogens is 2. The molecule has 0 fully saturated rings. The summed E-state index contributed by atoms with van der Waals surface area (Å²) in [7, 11) is 0. The first-order chi connectivity index (χ1) is 25.8. The lowest BCUT2D eigenvalue weighted by Gasteiger charge is -2.28. The Morgan fingerprint density at radius 2 is 0.909 bits per heavy atom. The molecular weight excluding hydrogens is 739 g/mol. The first-order valence-corrected chi connectivity index (χ1v) is 19.4. The predicted molar refractivity (Wildman–Crippen MR) is 225 cm³/mol. The van der Waals surface area contributed by atoms with Gasteiger partial charge < -0.3 is 39.4 Å². The van der Waals surface area contributed by atoms with E-state index in [1.807, 2.05) is 91.9 Å². The van der Waals surface area contributed by atoms with Gasteiger partial charge in [0.1, 0.15) is 48.4 Å². The molecule has 0 saturated carbocycles. The molecule has 0 aliphatic carbocycles. The standard InChI is InChI=1S/2C22H29ClO4.CH4/c1-16(13-24)14-26-19-10-8-17(9-11-19)22(2,3)20-6-4-5-7-21(20)27-15-18(25)12-23;1-16(12-23)14-26-19-10-8-17(9-11-19)22(2,3)20-6-4-5-7-21(20)27-15-18(25)13-24;/h2*4-11,16,18,24-25H,12-15H2,1-3H3;1H4. The fraction of sp³-hybridized carbons (Fsp3) is 0.467. The average Bonchev–Trinajstić information content (AvgIpc) is 3.20. The maximum Gasteiger partial charge on any atom is 0.123 e. The fourth-order valence-electron chi connectivity index (χ4n) is 5.51. The van der Waals surface area contributed by atoms with Gasteiger partial charge in [-0.1, -0.05) is 110 Å². The van der Waals surface area contributed by atoms with E-state index in [-0.39, 0.29) is 56.5 Å². The van der Waals surface area contributed by atoms with Crippen molar-refractivity contribution in [2.45, 2.75) is 72.0 Å². The zero-order valence-electron chi connectivity index (χ0n) is 32.4. The summed E-state index contributed by atoms with van der Waals surface area (Å²) in [5.74, 6) is 4.17. The first kappa shape index (κ1) is 47.7. The third kappa shape index (κ3) is 14.5. The highest BCUT2D eigenvalue weighted by Gasteiger charge is 2.28. The minimum Gasteiger partial charge on any atom is -0.493 e. The Morgan fingerprint density at radius 3 is 1.29 bits per heavy atom. The summed E-state index contributed by atoms with van der Waals surface area (Å²) in [6.07, 6.45) is -1.59. The van der Waals surface area contributed by atoms with E-state index in [0.717, 1.165) is 39.5 Å². The molecule has 0 aliphatic heterocycles. The van der Waals surface area contributed by atoms with Crippen LogP contribution >= 0.6 is 23.2 Å². The summed E-state index contributed by atoms with van der Waals surface area (Å²) in [6, 6.07) is 31.6. The number of rotatable bonds is 20. The van der Waals surface area contributed by atoms with Crippen molar-refractivity contribution < 1.29 is 39.4 Å². The smallest absolute Gasteiger partial charge is 0.123 e. The van der Waals surface area contributed by atoms with E-state index in [0.29, 0.717) is 30.8 Å². The zero-order valence-corrected chi connectivity index (χ0v) is 33.9. The number of benzene rings is 4. The Morgan fingerprint density at radius 1 is 0.509 bits per heavy atom. The normalized spacial score (nSPS) is 13.6. The lowest BCUT2D eigenvalue weighted by molar-refractivity contribution is 0.0530. The highest BCUT2D eigenvalue weighted by molar-refractivity contribution is 6.18. The highest BCUT2D eigenvalue weighted by atomic mass is 35.5. The van der Waals surface area contributed by atoms with E-state index < -0.39 is 12.2 Å². The van der Waals surface area contributed by atoms with E-state index >= 15 is 0 Å². The van der Waals surface area contributed by atoms with Gasteiger partial charge in [-0.25, -0.2) is 0 Å². The number of aliphatic hydroxyl groups is 4. The zero-order chi connectivity index (χ0) is 39.7. The van der Waals surface area contributed by atoms with Crippen LogP contribution in [0.1, 0.15) is 71.2 Å². The Kier molecular flexibility index (Phi) is 20.4. The Hall–Kier alpha value is -3.50. The number of alkyl halides is 2. The van der Waals surface area contributed by atoms with Gasteiger partial charge in [0, 0.05) is 46.3 Å². The van der Waals surface area contributed by atoms with E-state index in [2.05, 4.69) is 46.8 Å². The van der Waals surface area contributed by atoms with Gasteiger partial charge in [-0.05, 0) is 47.5 Å². The summed E-state index contributed by atoms with van der Waals surface area (Å²) < 4.78 is 23.0. The molecule has 4 N–H and O–H groups in total. The molecule has 4 aromatic rings. The highest BCUT2D eigenvalue weighted by Crippen LogP contribution is 2.39. The van der Waals surface area contributed by atoms with Crippen LogP contribution in [0.15, 0.2) is 97.1 Å². The molecule has 0 heterocycles. The average molecular weight is 802 g/mol. The molecule has 0 aromatic heterocycles. The van der Waals surface area contributed by atoms with Crippen LogP contribution in [0, 0.1) is 11.8 Å². The van der Waals surface area contributed by atoms with Crippen molar-refractivity contribution in [2.75, 3.05) is 51.4 Å². The summed E-state index contributed by atoms with van der Waals surface area (Å²) in [6.45, 7) is 13.6. The molecular formula is C45H62Cl2O8. The van der Waals surface area contributed by atoms with Gasteiger partial charge in [0.2, 0.25) is 0 Å². The number of aliphatic hydroxyl groups excluding tert-OH is 4. The van der Waals surface area contributed by atoms with Crippen LogP contribution in [0.3, 0.4) is 0 Å². The fourth-order valence-corrected chi connectivity index (χ4v) is 5.69. The van der Waals surface area contributed by atoms with Crippen LogP contribution in [0.2, 0.25) is 0 Å². The molecule has 4 aromatic carbocycles. The first-order valence-electron chi connectivity index (χ1n) is 18.4. The number of para-hydroxylation sites is 2. The van der Waals surface area contributed by atoms with E-state index in [9.17, 15) is 10.2 Å². The summed E-state index contributed by atoms with van der Waals surface area (Å²) >= 11 is 11.5. The molecule has 0 amide bonds. The van der Waals surface area contributed by atoms with Crippen LogP contribution in [-0.2, 0) is 10.8 Å². The largest absolute Gasteiger partial charge is 0.493 e. The lowest BCUT2D eigenvalue weighted by atomic mass is 9.77. The summed E-state index contributed by atoms with van der Waals surface area (Å²) in [5, 5.41) is 37.3. The van der Waals surface area contributed by atoms with Crippen LogP contribution in [0.25, 0.3) is 0 Å². The molecule has 0 bridgehead atoms. The summed E-state index contributed by atoms with van der Waals surface area (Å²) in [5.41, 5.74) is 3.70. The van der Waals surface area contributed by atoms with Gasteiger partial charge >= 0.3 is 0 Å². The van der Waals surface area contributed by atoms with Crippen molar-refractivity contribution >= 4 is 23.2 Å². The predicted octanol–water partition coefficient (Wildman–Crippen LogP) is 8.63. The van der Waals surface area contributed by atoms with Crippen LogP contribution in [0.4, 0.5) is 0 Å². The third-order valence-corrected chi connectivity index (χ3v) is 10.1. The number of hydrogen-bond acceptors (Lipinski definition) is 8. The molecule has 10 heteroatoms. The summed E-state index contributed by atoms with van der Waals surface area (Å²) in [4.78, 5) is 0. The topological polar surface area (TPSA) is 118 Å². The number of hydrogen-bond donors (Lipinski definition) is 4. The minimum absolute atomic E-state index is 0. The van der Waals surface area contributed by atoms with Crippen LogP contribution in [-0.4, -0.2) is 84.0 Å². The van der Waals surface area contributed by atoms with Gasteiger partial charge in [-0.3, -0.25) is 0 Å². The number of ether oxygens (including phenoxy) is 4. The van der Waals surface area contributed by atoms with E-state index in [1.165, 1.54) is 0 Å². The molecule has 8 nitrogen and oxygen atoms in total. The van der Waals surface area contributed by atoms with Crippen molar-refractivity contribution in [1.29, 1.82) is 0 Å². The SMILES string of the molecule is C.CC(CCl)COc1ccc(C(C)(C)c2ccccc2OCC(O)CO)cc1.CC(CO)COc1ccc(C(C)(C)c2ccccc2OCC(O)CCl)cc1. The monoisotopic (exact) mass is 800 g/mol. The van der Waals surface area contributed by atoms with Gasteiger partial charge in [-0.15, -0.1) is 23.2 Å². The molecule has 0 saturated heterocycles. The maximum atomic E-state index is 9.68. The van der Waals surface area contributed by atoms with Gasteiger partial charge in [-0.2, -0.15) is 0 Å². The van der Waals surface area contributed by atoms with E-state index in [1.54, 1.807) is 0 Å².